The van der Waals surface area contributed by atoms with E-state index in [1.807, 2.05) is 38.1 Å². The van der Waals surface area contributed by atoms with Crippen molar-refractivity contribution in [2.75, 3.05) is 12.8 Å². The molecule has 1 aromatic carbocycles. The molecule has 0 aliphatic carbocycles. The van der Waals surface area contributed by atoms with Crippen molar-refractivity contribution in [3.63, 3.8) is 0 Å². The molecule has 0 spiro atoms. The largest absolute Gasteiger partial charge is 0.469 e. The lowest BCUT2D eigenvalue weighted by Crippen LogP contribution is -2.21. The van der Waals surface area contributed by atoms with Crippen molar-refractivity contribution in [2.24, 2.45) is 5.92 Å². The summed E-state index contributed by atoms with van der Waals surface area (Å²) < 4.78 is 4.72. The number of rotatable bonds is 4. The summed E-state index contributed by atoms with van der Waals surface area (Å²) in [6.45, 7) is 3.88. The number of ether oxygens (including phenoxy) is 1. The second kappa shape index (κ2) is 5.80. The van der Waals surface area contributed by atoms with Crippen LogP contribution in [0.25, 0.3) is 0 Å². The molecular weight excluding hydrogens is 222 g/mol. The first kappa shape index (κ1) is 12.9. The van der Waals surface area contributed by atoms with Crippen LogP contribution in [0.1, 0.15) is 13.8 Å². The molecule has 0 bridgehead atoms. The zero-order valence-corrected chi connectivity index (χ0v) is 10.6. The highest BCUT2D eigenvalue weighted by atomic mass is 32.2. The predicted octanol–water partition coefficient (Wildman–Crippen LogP) is 2.56. The molecule has 0 saturated carbocycles. The Kier molecular flexibility index (Phi) is 4.68. The number of carbonyl (C=O) groups is 1. The van der Waals surface area contributed by atoms with E-state index >= 15 is 0 Å². The summed E-state index contributed by atoms with van der Waals surface area (Å²) in [7, 11) is 1.41. The lowest BCUT2D eigenvalue weighted by Gasteiger charge is -2.17. The second-order valence-electron chi connectivity index (χ2n) is 3.71. The van der Waals surface area contributed by atoms with Crippen molar-refractivity contribution in [3.05, 3.63) is 24.3 Å². The maximum atomic E-state index is 11.4. The van der Waals surface area contributed by atoms with Crippen LogP contribution in [0, 0.1) is 5.92 Å². The molecule has 0 aliphatic heterocycles. The number of nitrogens with two attached hydrogens (primary N) is 1. The number of carbonyl (C=O) groups excluding carboxylic acids is 1. The Morgan fingerprint density at radius 1 is 1.44 bits per heavy atom. The minimum atomic E-state index is -0.177. The Morgan fingerprint density at radius 3 is 2.69 bits per heavy atom. The molecule has 0 radical (unpaired) electrons. The van der Waals surface area contributed by atoms with Gasteiger partial charge in [-0.25, -0.2) is 0 Å². The smallest absolute Gasteiger partial charge is 0.309 e. The van der Waals surface area contributed by atoms with E-state index < -0.39 is 0 Å². The lowest BCUT2D eigenvalue weighted by molar-refractivity contribution is -0.144. The van der Waals surface area contributed by atoms with E-state index in [1.54, 1.807) is 11.8 Å². The van der Waals surface area contributed by atoms with E-state index in [0.29, 0.717) is 0 Å². The first-order valence-electron chi connectivity index (χ1n) is 5.14. The van der Waals surface area contributed by atoms with E-state index in [9.17, 15) is 4.79 Å². The molecule has 0 aliphatic rings. The van der Waals surface area contributed by atoms with Gasteiger partial charge in [-0.3, -0.25) is 4.79 Å². The number of esters is 1. The summed E-state index contributed by atoms with van der Waals surface area (Å²) in [6.07, 6.45) is 0. The molecule has 3 nitrogen and oxygen atoms in total. The summed E-state index contributed by atoms with van der Waals surface area (Å²) in [5.74, 6) is -0.305. The van der Waals surface area contributed by atoms with Crippen molar-refractivity contribution in [2.45, 2.75) is 24.0 Å². The monoisotopic (exact) mass is 239 g/mol. The molecular formula is C12H17NO2S. The fraction of sp³-hybridized carbons (Fsp3) is 0.417. The van der Waals surface area contributed by atoms with Gasteiger partial charge < -0.3 is 10.5 Å². The molecule has 1 aromatic rings. The Balaban J connectivity index is 2.64. The number of benzene rings is 1. The molecule has 88 valence electrons. The molecule has 1 rings (SSSR count). The van der Waals surface area contributed by atoms with Gasteiger partial charge in [-0.15, -0.1) is 11.8 Å². The van der Waals surface area contributed by atoms with Crippen molar-refractivity contribution in [1.82, 2.24) is 0 Å². The summed E-state index contributed by atoms with van der Waals surface area (Å²) in [5.41, 5.74) is 6.43. The molecule has 0 fully saturated rings. The highest BCUT2D eigenvalue weighted by Gasteiger charge is 2.21. The van der Waals surface area contributed by atoms with Crippen molar-refractivity contribution in [3.8, 4) is 0 Å². The van der Waals surface area contributed by atoms with Crippen LogP contribution in [0.4, 0.5) is 5.69 Å². The number of hydrogen-bond donors (Lipinski definition) is 1. The van der Waals surface area contributed by atoms with E-state index in [0.717, 1.165) is 10.6 Å². The fourth-order valence-electron chi connectivity index (χ4n) is 1.28. The first-order valence-corrected chi connectivity index (χ1v) is 6.02. The summed E-state index contributed by atoms with van der Waals surface area (Å²) >= 11 is 1.63. The lowest BCUT2D eigenvalue weighted by atomic mass is 10.1. The van der Waals surface area contributed by atoms with Gasteiger partial charge in [0.25, 0.3) is 0 Å². The van der Waals surface area contributed by atoms with Gasteiger partial charge in [0.2, 0.25) is 0 Å². The second-order valence-corrected chi connectivity index (χ2v) is 5.16. The molecule has 0 amide bonds. The minimum Gasteiger partial charge on any atom is -0.469 e. The number of hydrogen-bond acceptors (Lipinski definition) is 4. The van der Waals surface area contributed by atoms with Gasteiger partial charge in [-0.05, 0) is 18.2 Å². The summed E-state index contributed by atoms with van der Waals surface area (Å²) in [5, 5.41) is 0.161. The van der Waals surface area contributed by atoms with Crippen LogP contribution < -0.4 is 5.73 Å². The topological polar surface area (TPSA) is 52.3 Å². The molecule has 4 heteroatoms. The van der Waals surface area contributed by atoms with Crippen molar-refractivity contribution in [1.29, 1.82) is 0 Å². The zero-order valence-electron chi connectivity index (χ0n) is 9.77. The van der Waals surface area contributed by atoms with Crippen LogP contribution in [0.2, 0.25) is 0 Å². The van der Waals surface area contributed by atoms with Gasteiger partial charge in [0.1, 0.15) is 0 Å². The highest BCUT2D eigenvalue weighted by molar-refractivity contribution is 8.00. The highest BCUT2D eigenvalue weighted by Crippen LogP contribution is 2.29. The van der Waals surface area contributed by atoms with Gasteiger partial charge >= 0.3 is 5.97 Å². The van der Waals surface area contributed by atoms with Crippen LogP contribution in [0.5, 0.6) is 0 Å². The van der Waals surface area contributed by atoms with E-state index in [1.165, 1.54) is 7.11 Å². The van der Waals surface area contributed by atoms with Crippen LogP contribution in [-0.4, -0.2) is 18.3 Å². The van der Waals surface area contributed by atoms with Crippen LogP contribution in [0.3, 0.4) is 0 Å². The fourth-order valence-corrected chi connectivity index (χ4v) is 2.39. The molecule has 0 aromatic heterocycles. The predicted molar refractivity (Wildman–Crippen MR) is 67.4 cm³/mol. The Hall–Kier alpha value is -1.16. The van der Waals surface area contributed by atoms with E-state index in [4.69, 9.17) is 10.5 Å². The normalized spacial score (nSPS) is 14.2. The third-order valence-electron chi connectivity index (χ3n) is 2.46. The third-order valence-corrected chi connectivity index (χ3v) is 3.76. The zero-order chi connectivity index (χ0) is 12.1. The Bertz CT molecular complexity index is 368. The third kappa shape index (κ3) is 3.45. The van der Waals surface area contributed by atoms with Crippen molar-refractivity contribution < 1.29 is 9.53 Å². The van der Waals surface area contributed by atoms with Gasteiger partial charge in [0.15, 0.2) is 0 Å². The molecule has 16 heavy (non-hydrogen) atoms. The number of nitrogen functional groups attached to an aromatic ring is 1. The van der Waals surface area contributed by atoms with Gasteiger partial charge in [0.05, 0.1) is 13.0 Å². The molecule has 0 heterocycles. The number of methoxy groups -OCH3 is 1. The van der Waals surface area contributed by atoms with Crippen LogP contribution in [-0.2, 0) is 9.53 Å². The average Bonchev–Trinajstić information content (AvgIpc) is 2.27. The molecule has 0 saturated heterocycles. The SMILES string of the molecule is COC(=O)C(C)C(C)Sc1cccc(N)c1. The quantitative estimate of drug-likeness (QED) is 0.498. The van der Waals surface area contributed by atoms with Gasteiger partial charge in [0, 0.05) is 15.8 Å². The van der Waals surface area contributed by atoms with Gasteiger partial charge in [-0.2, -0.15) is 0 Å². The standard InChI is InChI=1S/C12H17NO2S/c1-8(12(14)15-3)9(2)16-11-6-4-5-10(13)7-11/h4-9H,13H2,1-3H3. The van der Waals surface area contributed by atoms with Crippen molar-refractivity contribution >= 4 is 23.4 Å². The summed E-state index contributed by atoms with van der Waals surface area (Å²) in [4.78, 5) is 12.4. The molecule has 2 N–H and O–H groups in total. The first-order chi connectivity index (χ1) is 7.54. The molecule has 2 atom stereocenters. The average molecular weight is 239 g/mol. The molecule has 2 unspecified atom stereocenters. The maximum absolute atomic E-state index is 11.4. The maximum Gasteiger partial charge on any atom is 0.309 e. The Morgan fingerprint density at radius 2 is 2.12 bits per heavy atom. The van der Waals surface area contributed by atoms with Crippen LogP contribution >= 0.6 is 11.8 Å². The van der Waals surface area contributed by atoms with Gasteiger partial charge in [-0.1, -0.05) is 19.9 Å². The minimum absolute atomic E-state index is 0.128. The number of anilines is 1. The van der Waals surface area contributed by atoms with Crippen LogP contribution in [0.15, 0.2) is 29.2 Å². The van der Waals surface area contributed by atoms with E-state index in [2.05, 4.69) is 0 Å². The summed E-state index contributed by atoms with van der Waals surface area (Å²) in [6, 6.07) is 7.65. The van der Waals surface area contributed by atoms with E-state index in [-0.39, 0.29) is 17.1 Å². The number of thioether (sulfide) groups is 1. The Labute approximate surface area is 100 Å².